The van der Waals surface area contributed by atoms with Crippen LogP contribution in [0.15, 0.2) is 49.1 Å². The molecule has 3 aromatic heterocycles. The summed E-state index contributed by atoms with van der Waals surface area (Å²) >= 11 is 0. The summed E-state index contributed by atoms with van der Waals surface area (Å²) in [6.45, 7) is 2.11. The van der Waals surface area contributed by atoms with Gasteiger partial charge in [0.25, 0.3) is 0 Å². The van der Waals surface area contributed by atoms with Crippen LogP contribution in [0, 0.1) is 0 Å². The fraction of sp³-hybridized carbons (Fsp3) is 0.208. The number of methoxy groups -OCH3 is 1. The van der Waals surface area contributed by atoms with Crippen LogP contribution in [0.5, 0.6) is 5.75 Å². The Hall–Kier alpha value is -4.29. The van der Waals surface area contributed by atoms with Crippen molar-refractivity contribution in [3.05, 3.63) is 60.2 Å². The maximum atomic E-state index is 12.7. The molecule has 0 atom stereocenters. The highest BCUT2D eigenvalue weighted by Gasteiger charge is 2.28. The van der Waals surface area contributed by atoms with Crippen molar-refractivity contribution in [2.24, 2.45) is 7.05 Å². The molecule has 0 saturated carbocycles. The van der Waals surface area contributed by atoms with Crippen molar-refractivity contribution < 1.29 is 19.2 Å². The number of Topliss-reactive ketones (excluding diaryl/α,β-unsaturated/α-hetero) is 1. The molecular weight excluding hydrogens is 461 g/mol. The highest BCUT2D eigenvalue weighted by molar-refractivity contribution is 6.61. The van der Waals surface area contributed by atoms with Crippen LogP contribution < -0.4 is 20.8 Å². The Balaban J connectivity index is 1.49. The zero-order chi connectivity index (χ0) is 25.2. The van der Waals surface area contributed by atoms with Gasteiger partial charge in [-0.1, -0.05) is 13.0 Å². The number of hydrogen-bond acceptors (Lipinski definition) is 10. The minimum absolute atomic E-state index is 0.0557. The zero-order valence-corrected chi connectivity index (χ0v) is 20.0. The van der Waals surface area contributed by atoms with E-state index >= 15 is 0 Å². The van der Waals surface area contributed by atoms with E-state index in [1.54, 1.807) is 50.4 Å². The van der Waals surface area contributed by atoms with E-state index in [4.69, 9.17) is 9.39 Å². The highest BCUT2D eigenvalue weighted by Crippen LogP contribution is 2.37. The molecule has 0 unspecified atom stereocenters. The Morgan fingerprint density at radius 3 is 2.72 bits per heavy atom. The van der Waals surface area contributed by atoms with Crippen LogP contribution in [0.1, 0.15) is 29.3 Å². The summed E-state index contributed by atoms with van der Waals surface area (Å²) in [6.07, 6.45) is 5.05. The molecule has 182 valence electrons. The number of para-hydroxylation sites is 1. The Morgan fingerprint density at radius 1 is 1.17 bits per heavy atom. The number of fused-ring (bicyclic) bond motifs is 1. The Labute approximate surface area is 207 Å². The van der Waals surface area contributed by atoms with Crippen molar-refractivity contribution >= 4 is 41.4 Å². The van der Waals surface area contributed by atoms with E-state index in [9.17, 15) is 9.82 Å². The lowest BCUT2D eigenvalue weighted by Gasteiger charge is -2.17. The molecule has 0 radical (unpaired) electrons. The first-order valence-electron chi connectivity index (χ1n) is 11.4. The van der Waals surface area contributed by atoms with E-state index in [1.165, 1.54) is 6.20 Å². The van der Waals surface area contributed by atoms with E-state index in [1.807, 2.05) is 18.2 Å². The minimum atomic E-state index is -0.957. The monoisotopic (exact) mass is 485 g/mol. The van der Waals surface area contributed by atoms with Gasteiger partial charge in [0.15, 0.2) is 17.4 Å². The second-order valence-corrected chi connectivity index (χ2v) is 8.20. The molecule has 0 bridgehead atoms. The summed E-state index contributed by atoms with van der Waals surface area (Å²) < 4.78 is 12.6. The normalized spacial score (nSPS) is 12.4. The van der Waals surface area contributed by atoms with Crippen molar-refractivity contribution in [1.82, 2.24) is 24.7 Å². The van der Waals surface area contributed by atoms with Gasteiger partial charge in [-0.25, -0.2) is 15.0 Å². The van der Waals surface area contributed by atoms with E-state index in [0.29, 0.717) is 64.2 Å². The number of rotatable bonds is 8. The van der Waals surface area contributed by atoms with Crippen molar-refractivity contribution in [3.8, 4) is 17.1 Å². The number of ether oxygens (including phenoxy) is 1. The third-order valence-electron chi connectivity index (χ3n) is 5.80. The van der Waals surface area contributed by atoms with Gasteiger partial charge >= 0.3 is 7.12 Å². The lowest BCUT2D eigenvalue weighted by atomic mass is 9.81. The molecule has 0 saturated heterocycles. The molecule has 5 rings (SSSR count). The average molecular weight is 485 g/mol. The van der Waals surface area contributed by atoms with Crippen LogP contribution >= 0.6 is 0 Å². The van der Waals surface area contributed by atoms with Crippen molar-refractivity contribution in [1.29, 1.82) is 0 Å². The van der Waals surface area contributed by atoms with Gasteiger partial charge < -0.3 is 25.0 Å². The zero-order valence-electron chi connectivity index (χ0n) is 20.0. The van der Waals surface area contributed by atoms with Crippen LogP contribution in [-0.2, 0) is 18.3 Å². The summed E-state index contributed by atoms with van der Waals surface area (Å²) in [4.78, 5) is 25.8. The SMILES string of the molecule is CCC(=O)c1cnc(Nc2cc3c(cn2)B(O)OC3)cc1Nc1cccc(-c2ncn(C)n2)c1OC. The van der Waals surface area contributed by atoms with Gasteiger partial charge in [-0.3, -0.25) is 9.48 Å². The number of benzene rings is 1. The van der Waals surface area contributed by atoms with Crippen molar-refractivity contribution in [2.45, 2.75) is 20.0 Å². The number of nitrogens with zero attached hydrogens (tertiary/aromatic N) is 5. The van der Waals surface area contributed by atoms with Crippen LogP contribution in [0.3, 0.4) is 0 Å². The van der Waals surface area contributed by atoms with Gasteiger partial charge in [0.1, 0.15) is 18.0 Å². The minimum Gasteiger partial charge on any atom is -0.494 e. The van der Waals surface area contributed by atoms with Crippen molar-refractivity contribution in [3.63, 3.8) is 0 Å². The molecule has 4 aromatic rings. The van der Waals surface area contributed by atoms with Gasteiger partial charge in [-0.05, 0) is 23.8 Å². The summed E-state index contributed by atoms with van der Waals surface area (Å²) in [5.74, 6) is 2.04. The van der Waals surface area contributed by atoms with Crippen LogP contribution in [0.4, 0.5) is 23.0 Å². The van der Waals surface area contributed by atoms with Crippen molar-refractivity contribution in [2.75, 3.05) is 17.7 Å². The highest BCUT2D eigenvalue weighted by atomic mass is 16.5. The molecular formula is C24H24BN7O4. The third kappa shape index (κ3) is 4.51. The van der Waals surface area contributed by atoms with Gasteiger partial charge in [-0.15, -0.1) is 0 Å². The first-order valence-corrected chi connectivity index (χ1v) is 11.4. The molecule has 1 aliphatic heterocycles. The Kier molecular flexibility index (Phi) is 6.36. The molecule has 0 amide bonds. The maximum Gasteiger partial charge on any atom is 0.493 e. The van der Waals surface area contributed by atoms with Crippen LogP contribution in [0.25, 0.3) is 11.4 Å². The number of aromatic nitrogens is 5. The standard InChI is InChI=1S/C24H24BN7O4/c1-4-20(33)16-10-26-22(30-21-8-14-12-36-25(34)17(14)11-27-21)9-19(16)29-18-7-5-6-15(23(18)35-3)24-28-13-32(2)31-24/h5-11,13,34H,4,12H2,1-3H3,(H2,26,27,29,30). The summed E-state index contributed by atoms with van der Waals surface area (Å²) in [7, 11) is 2.41. The first kappa shape index (κ1) is 23.5. The predicted molar refractivity (Wildman–Crippen MR) is 135 cm³/mol. The molecule has 11 nitrogen and oxygen atoms in total. The Morgan fingerprint density at radius 2 is 1.97 bits per heavy atom. The number of carbonyl (C=O) groups excluding carboxylic acids is 1. The number of ketones is 1. The fourth-order valence-corrected chi connectivity index (χ4v) is 3.99. The van der Waals surface area contributed by atoms with Gasteiger partial charge in [0, 0.05) is 37.4 Å². The molecule has 36 heavy (non-hydrogen) atoms. The topological polar surface area (TPSA) is 136 Å². The quantitative estimate of drug-likeness (QED) is 0.252. The van der Waals surface area contributed by atoms with Gasteiger partial charge in [0.2, 0.25) is 0 Å². The van der Waals surface area contributed by atoms with E-state index in [2.05, 4.69) is 30.7 Å². The molecule has 0 aliphatic carbocycles. The number of pyridine rings is 2. The molecule has 1 aromatic carbocycles. The number of aryl methyl sites for hydroxylation is 1. The second kappa shape index (κ2) is 9.76. The largest absolute Gasteiger partial charge is 0.494 e. The number of hydrogen-bond donors (Lipinski definition) is 3. The fourth-order valence-electron chi connectivity index (χ4n) is 3.99. The lowest BCUT2D eigenvalue weighted by molar-refractivity contribution is 0.0988. The maximum absolute atomic E-state index is 12.7. The summed E-state index contributed by atoms with van der Waals surface area (Å²) in [5, 5.41) is 20.7. The first-order chi connectivity index (χ1) is 17.5. The van der Waals surface area contributed by atoms with Crippen LogP contribution in [0.2, 0.25) is 0 Å². The molecule has 1 aliphatic rings. The smallest absolute Gasteiger partial charge is 0.493 e. The number of nitrogens with one attached hydrogen (secondary N) is 2. The van der Waals surface area contributed by atoms with Gasteiger partial charge in [-0.2, -0.15) is 5.10 Å². The summed E-state index contributed by atoms with van der Waals surface area (Å²) in [6, 6.07) is 9.14. The molecule has 0 fully saturated rings. The molecule has 12 heteroatoms. The third-order valence-corrected chi connectivity index (χ3v) is 5.80. The van der Waals surface area contributed by atoms with Crippen LogP contribution in [-0.4, -0.2) is 49.8 Å². The molecule has 4 heterocycles. The lowest BCUT2D eigenvalue weighted by Crippen LogP contribution is -2.28. The second-order valence-electron chi connectivity index (χ2n) is 8.20. The molecule has 0 spiro atoms. The van der Waals surface area contributed by atoms with E-state index in [-0.39, 0.29) is 5.78 Å². The number of carbonyl (C=O) groups is 1. The average Bonchev–Trinajstić information content (AvgIpc) is 3.48. The van der Waals surface area contributed by atoms with Gasteiger partial charge in [0.05, 0.1) is 36.2 Å². The number of anilines is 4. The van der Waals surface area contributed by atoms with E-state index < -0.39 is 7.12 Å². The predicted octanol–water partition coefficient (Wildman–Crippen LogP) is 2.58. The summed E-state index contributed by atoms with van der Waals surface area (Å²) in [5.41, 5.74) is 3.86. The molecule has 3 N–H and O–H groups in total. The van der Waals surface area contributed by atoms with E-state index in [0.717, 1.165) is 5.56 Å². The Bertz CT molecular complexity index is 1440.